The Bertz CT molecular complexity index is 1280. The quantitative estimate of drug-likeness (QED) is 0.649. The average molecular weight is 458 g/mol. The lowest BCUT2D eigenvalue weighted by atomic mass is 10.00. The Morgan fingerprint density at radius 1 is 1.15 bits per heavy atom. The van der Waals surface area contributed by atoms with E-state index in [0.29, 0.717) is 46.4 Å². The molecule has 2 aliphatic rings. The molecule has 0 radical (unpaired) electrons. The van der Waals surface area contributed by atoms with Crippen LogP contribution >= 0.6 is 0 Å². The van der Waals surface area contributed by atoms with Crippen molar-refractivity contribution in [3.63, 3.8) is 0 Å². The van der Waals surface area contributed by atoms with Crippen molar-refractivity contribution in [2.24, 2.45) is 4.99 Å². The summed E-state index contributed by atoms with van der Waals surface area (Å²) in [5.74, 6) is 0.826. The van der Waals surface area contributed by atoms with E-state index in [4.69, 9.17) is 14.0 Å². The van der Waals surface area contributed by atoms with Gasteiger partial charge in [-0.3, -0.25) is 4.99 Å². The molecule has 33 heavy (non-hydrogen) atoms. The Labute approximate surface area is 187 Å². The maximum Gasteiger partial charge on any atom is 0.573 e. The first-order valence-corrected chi connectivity index (χ1v) is 10.2. The van der Waals surface area contributed by atoms with Crippen molar-refractivity contribution in [2.45, 2.75) is 26.1 Å². The number of hydrogen-bond acceptors (Lipinski definition) is 6. The largest absolute Gasteiger partial charge is 0.573 e. The fourth-order valence-corrected chi connectivity index (χ4v) is 3.43. The predicted octanol–water partition coefficient (Wildman–Crippen LogP) is 4.20. The molecule has 0 N–H and O–H groups in total. The van der Waals surface area contributed by atoms with Gasteiger partial charge in [0.1, 0.15) is 18.1 Å². The summed E-state index contributed by atoms with van der Waals surface area (Å²) < 4.78 is 58.2. The smallest absolute Gasteiger partial charge is 0.497 e. The van der Waals surface area contributed by atoms with E-state index in [1.54, 1.807) is 44.5 Å². The zero-order valence-corrected chi connectivity index (χ0v) is 18.0. The molecular weight excluding hydrogens is 437 g/mol. The first-order valence-electron chi connectivity index (χ1n) is 10.2. The van der Waals surface area contributed by atoms with E-state index in [2.05, 4.69) is 14.9 Å². The summed E-state index contributed by atoms with van der Waals surface area (Å²) in [5, 5.41) is 4.71. The molecule has 1 aromatic heterocycles. The standard InChI is InChI=1S/C24H21F3N2O4/c1-15-12-17(7-9-21(15)32-24(25,26)27)16-5-8-20-22(10-6-16)33-29-23(20)31-14-18-13-19(30-2)4-3-11-28-18/h4,6-13H,3,5,14H2,1-2H3. The lowest BCUT2D eigenvalue weighted by Gasteiger charge is -2.13. The molecule has 0 spiro atoms. The SMILES string of the molecule is COC1=CCC=NC(COc2noc3c2=CCC(c2ccc(OC(F)(F)F)c(C)c2)=CC=3)=C1. The maximum absolute atomic E-state index is 12.5. The van der Waals surface area contributed by atoms with Gasteiger partial charge in [0.2, 0.25) is 0 Å². The lowest BCUT2D eigenvalue weighted by molar-refractivity contribution is -0.274. The number of fused-ring (bicyclic) bond motifs is 1. The molecule has 1 aliphatic carbocycles. The summed E-state index contributed by atoms with van der Waals surface area (Å²) >= 11 is 0. The van der Waals surface area contributed by atoms with E-state index in [-0.39, 0.29) is 12.4 Å². The first kappa shape index (κ1) is 22.4. The molecule has 1 aliphatic heterocycles. The van der Waals surface area contributed by atoms with Crippen LogP contribution in [0, 0.1) is 6.92 Å². The summed E-state index contributed by atoms with van der Waals surface area (Å²) in [6, 6.07) is 4.58. The highest BCUT2D eigenvalue weighted by Gasteiger charge is 2.31. The van der Waals surface area contributed by atoms with E-state index in [0.717, 1.165) is 11.1 Å². The number of aliphatic imine (C=N–C) groups is 1. The normalized spacial score (nSPS) is 15.6. The Morgan fingerprint density at radius 3 is 2.76 bits per heavy atom. The van der Waals surface area contributed by atoms with Crippen LogP contribution in [0.3, 0.4) is 0 Å². The van der Waals surface area contributed by atoms with Crippen molar-refractivity contribution in [1.82, 2.24) is 5.16 Å². The number of hydrogen-bond donors (Lipinski definition) is 0. The van der Waals surface area contributed by atoms with Gasteiger partial charge in [0, 0.05) is 18.7 Å². The lowest BCUT2D eigenvalue weighted by Crippen LogP contribution is -2.21. The van der Waals surface area contributed by atoms with Crippen LogP contribution in [0.15, 0.2) is 57.4 Å². The number of nitrogens with zero attached hydrogens (tertiary/aromatic N) is 2. The van der Waals surface area contributed by atoms with Crippen LogP contribution in [-0.2, 0) is 4.74 Å². The van der Waals surface area contributed by atoms with Gasteiger partial charge in [-0.2, -0.15) is 0 Å². The minimum atomic E-state index is -4.73. The third-order valence-corrected chi connectivity index (χ3v) is 5.04. The molecule has 1 aromatic carbocycles. The number of methoxy groups -OCH3 is 1. The Kier molecular flexibility index (Phi) is 6.39. The molecule has 9 heteroatoms. The van der Waals surface area contributed by atoms with Crippen LogP contribution in [0.5, 0.6) is 11.6 Å². The van der Waals surface area contributed by atoms with Crippen LogP contribution < -0.4 is 20.1 Å². The molecule has 6 nitrogen and oxygen atoms in total. The highest BCUT2D eigenvalue weighted by Crippen LogP contribution is 2.30. The summed E-state index contributed by atoms with van der Waals surface area (Å²) in [6.07, 6.45) is 7.46. The number of benzene rings is 1. The third kappa shape index (κ3) is 5.54. The van der Waals surface area contributed by atoms with Gasteiger partial charge < -0.3 is 18.7 Å². The Hall–Kier alpha value is -3.75. The number of allylic oxidation sites excluding steroid dienone is 4. The molecule has 0 unspecified atom stereocenters. The van der Waals surface area contributed by atoms with Crippen molar-refractivity contribution in [3.8, 4) is 11.6 Å². The van der Waals surface area contributed by atoms with Gasteiger partial charge in [-0.05, 0) is 59.5 Å². The topological polar surface area (TPSA) is 66.1 Å². The molecule has 0 amide bonds. The second kappa shape index (κ2) is 9.40. The van der Waals surface area contributed by atoms with Crippen LogP contribution in [0.2, 0.25) is 0 Å². The predicted molar refractivity (Wildman–Crippen MR) is 117 cm³/mol. The molecule has 0 bridgehead atoms. The molecule has 0 fully saturated rings. The van der Waals surface area contributed by atoms with Crippen LogP contribution in [0.25, 0.3) is 17.7 Å². The van der Waals surface area contributed by atoms with Crippen LogP contribution in [0.4, 0.5) is 13.2 Å². The third-order valence-electron chi connectivity index (χ3n) is 5.04. The number of aromatic nitrogens is 1. The number of halogens is 3. The van der Waals surface area contributed by atoms with Gasteiger partial charge in [-0.1, -0.05) is 18.2 Å². The molecule has 4 rings (SSSR count). The number of aryl methyl sites for hydroxylation is 1. The van der Waals surface area contributed by atoms with Gasteiger partial charge in [-0.25, -0.2) is 0 Å². The fraction of sp³-hybridized carbons (Fsp3) is 0.250. The Morgan fingerprint density at radius 2 is 2.00 bits per heavy atom. The first-order chi connectivity index (χ1) is 15.8. The number of ether oxygens (including phenoxy) is 3. The van der Waals surface area contributed by atoms with Crippen molar-refractivity contribution < 1.29 is 31.9 Å². The van der Waals surface area contributed by atoms with Crippen molar-refractivity contribution in [1.29, 1.82) is 0 Å². The van der Waals surface area contributed by atoms with Crippen molar-refractivity contribution in [3.05, 3.63) is 69.6 Å². The van der Waals surface area contributed by atoms with Gasteiger partial charge in [0.15, 0.2) is 5.42 Å². The zero-order valence-electron chi connectivity index (χ0n) is 18.0. The monoisotopic (exact) mass is 458 g/mol. The summed E-state index contributed by atoms with van der Waals surface area (Å²) in [7, 11) is 1.59. The average Bonchev–Trinajstić information content (AvgIpc) is 2.93. The molecular formula is C24H21F3N2O4. The van der Waals surface area contributed by atoms with Crippen molar-refractivity contribution >= 4 is 23.9 Å². The number of alkyl halides is 3. The second-order valence-electron chi connectivity index (χ2n) is 7.34. The Balaban J connectivity index is 1.51. The van der Waals surface area contributed by atoms with E-state index in [1.807, 2.05) is 18.2 Å². The zero-order chi connectivity index (χ0) is 23.4. The molecule has 0 saturated heterocycles. The van der Waals surface area contributed by atoms with E-state index < -0.39 is 6.36 Å². The maximum atomic E-state index is 12.5. The van der Waals surface area contributed by atoms with Crippen LogP contribution in [-0.4, -0.2) is 31.5 Å². The minimum Gasteiger partial charge on any atom is -0.497 e. The summed E-state index contributed by atoms with van der Waals surface area (Å²) in [5.41, 5.74) is 3.29. The molecule has 0 saturated carbocycles. The fourth-order valence-electron chi connectivity index (χ4n) is 3.43. The van der Waals surface area contributed by atoms with Gasteiger partial charge in [0.05, 0.1) is 18.0 Å². The molecule has 172 valence electrons. The minimum absolute atomic E-state index is 0.185. The molecule has 2 heterocycles. The van der Waals surface area contributed by atoms with Gasteiger partial charge >= 0.3 is 6.36 Å². The van der Waals surface area contributed by atoms with E-state index >= 15 is 0 Å². The van der Waals surface area contributed by atoms with E-state index in [9.17, 15) is 13.2 Å². The van der Waals surface area contributed by atoms with Gasteiger partial charge in [0.25, 0.3) is 5.88 Å². The number of rotatable bonds is 6. The molecule has 2 aromatic rings. The highest BCUT2D eigenvalue weighted by molar-refractivity contribution is 5.76. The van der Waals surface area contributed by atoms with Gasteiger partial charge in [-0.15, -0.1) is 13.2 Å². The van der Waals surface area contributed by atoms with Crippen molar-refractivity contribution in [2.75, 3.05) is 13.7 Å². The summed E-state index contributed by atoms with van der Waals surface area (Å²) in [4.78, 5) is 4.35. The van der Waals surface area contributed by atoms with Crippen LogP contribution in [0.1, 0.15) is 24.0 Å². The molecule has 0 atom stereocenters. The second-order valence-corrected chi connectivity index (χ2v) is 7.34. The highest BCUT2D eigenvalue weighted by atomic mass is 19.4. The van der Waals surface area contributed by atoms with E-state index in [1.165, 1.54) is 6.07 Å². The summed E-state index contributed by atoms with van der Waals surface area (Å²) in [6.45, 7) is 1.76.